The number of hydrogen-bond acceptors (Lipinski definition) is 8. The summed E-state index contributed by atoms with van der Waals surface area (Å²) in [6.07, 6.45) is -3.33. The minimum Gasteiger partial charge on any atom is -0.493 e. The first kappa shape index (κ1) is 27.3. The number of ether oxygens (including phenoxy) is 2. The second-order valence-corrected chi connectivity index (χ2v) is 9.57. The Morgan fingerprint density at radius 3 is 2.18 bits per heavy atom. The minimum absolute atomic E-state index is 0.102. The Morgan fingerprint density at radius 2 is 1.64 bits per heavy atom. The lowest BCUT2D eigenvalue weighted by atomic mass is 10.2. The number of rotatable bonds is 6. The Bertz CT molecular complexity index is 1770. The van der Waals surface area contributed by atoms with Gasteiger partial charge in [-0.25, -0.2) is 4.79 Å². The molecule has 0 unspecified atom stereocenters. The predicted molar refractivity (Wildman–Crippen MR) is 131 cm³/mol. The van der Waals surface area contributed by atoms with Crippen LogP contribution in [0.25, 0.3) is 10.9 Å². The van der Waals surface area contributed by atoms with E-state index in [0.29, 0.717) is 16.3 Å². The molecule has 0 aliphatic heterocycles. The van der Waals surface area contributed by atoms with E-state index in [1.165, 1.54) is 31.6 Å². The number of benzene rings is 3. The van der Waals surface area contributed by atoms with Crippen molar-refractivity contribution in [1.29, 1.82) is 0 Å². The van der Waals surface area contributed by atoms with Gasteiger partial charge in [0.15, 0.2) is 11.5 Å². The lowest BCUT2D eigenvalue weighted by Crippen LogP contribution is -2.13. The average molecular weight is 564 g/mol. The Morgan fingerprint density at radius 1 is 0.949 bits per heavy atom. The van der Waals surface area contributed by atoms with Gasteiger partial charge in [0.2, 0.25) is 0 Å². The topological polar surface area (TPSA) is 134 Å². The lowest BCUT2D eigenvalue weighted by molar-refractivity contribution is -0.137. The molecular weight excluding hydrogens is 545 g/mol. The van der Waals surface area contributed by atoms with E-state index in [1.54, 1.807) is 0 Å². The van der Waals surface area contributed by atoms with Crippen LogP contribution in [0.1, 0.15) is 11.1 Å². The lowest BCUT2D eigenvalue weighted by Gasteiger charge is -2.12. The fraction of sp³-hybridized carbons (Fsp3) is 0.120. The molecule has 14 heteroatoms. The van der Waals surface area contributed by atoms with Crippen LogP contribution in [-0.4, -0.2) is 24.8 Å². The van der Waals surface area contributed by atoms with Gasteiger partial charge >= 0.3 is 11.8 Å². The molecule has 0 fully saturated rings. The normalized spacial score (nSPS) is 11.6. The average Bonchev–Trinajstić information content (AvgIpc) is 3.53. The zero-order valence-electron chi connectivity index (χ0n) is 20.0. The van der Waals surface area contributed by atoms with Gasteiger partial charge in [-0.2, -0.15) is 26.7 Å². The van der Waals surface area contributed by atoms with Crippen molar-refractivity contribution in [2.75, 3.05) is 7.11 Å². The van der Waals surface area contributed by atoms with Crippen molar-refractivity contribution >= 4 is 20.9 Å². The molecule has 10 nitrogen and oxygen atoms in total. The van der Waals surface area contributed by atoms with E-state index in [1.807, 2.05) is 30.3 Å². The summed E-state index contributed by atoms with van der Waals surface area (Å²) in [5.41, 5.74) is -1.47. The summed E-state index contributed by atoms with van der Waals surface area (Å²) in [4.78, 5) is 21.8. The number of fused-ring (bicyclic) bond motifs is 1. The zero-order chi connectivity index (χ0) is 28.2. The molecule has 0 radical (unpaired) electrons. The molecule has 2 heterocycles. The number of aromatic nitrogens is 2. The first-order valence-electron chi connectivity index (χ1n) is 11.0. The van der Waals surface area contributed by atoms with Gasteiger partial charge in [0.25, 0.3) is 15.6 Å². The zero-order valence-corrected chi connectivity index (χ0v) is 20.8. The summed E-state index contributed by atoms with van der Waals surface area (Å²) in [5, 5.41) is 1.97. The predicted octanol–water partition coefficient (Wildman–Crippen LogP) is 4.41. The first-order chi connectivity index (χ1) is 18.5. The molecule has 5 aromatic rings. The number of alkyl halides is 3. The van der Waals surface area contributed by atoms with Crippen LogP contribution < -0.4 is 20.7 Å². The van der Waals surface area contributed by atoms with Gasteiger partial charge in [-0.3, -0.25) is 4.79 Å². The fourth-order valence-electron chi connectivity index (χ4n) is 3.36. The summed E-state index contributed by atoms with van der Waals surface area (Å²) in [7, 11) is -3.18. The molecule has 0 aliphatic carbocycles. The van der Waals surface area contributed by atoms with Gasteiger partial charge in [-0.1, -0.05) is 34.5 Å². The molecule has 204 valence electrons. The molecule has 0 aliphatic rings. The summed E-state index contributed by atoms with van der Waals surface area (Å²) < 4.78 is 85.0. The van der Waals surface area contributed by atoms with Crippen LogP contribution >= 0.6 is 0 Å². The Hall–Kier alpha value is -4.72. The highest BCUT2D eigenvalue weighted by Crippen LogP contribution is 2.34. The maximum Gasteiger partial charge on any atom is 0.416 e. The molecule has 0 bridgehead atoms. The molecule has 0 atom stereocenters. The van der Waals surface area contributed by atoms with Crippen LogP contribution in [0.15, 0.2) is 103 Å². The highest BCUT2D eigenvalue weighted by atomic mass is 32.2. The number of methoxy groups -OCH3 is 1. The molecular formula is C25H19F3N2O8S. The van der Waals surface area contributed by atoms with Crippen LogP contribution in [0.2, 0.25) is 0 Å². The van der Waals surface area contributed by atoms with Gasteiger partial charge in [0.05, 0.1) is 23.0 Å². The highest BCUT2D eigenvalue weighted by Gasteiger charge is 2.31. The molecule has 0 saturated heterocycles. The van der Waals surface area contributed by atoms with Crippen LogP contribution in [-0.2, 0) is 22.8 Å². The van der Waals surface area contributed by atoms with Gasteiger partial charge in [-0.15, -0.1) is 0 Å². The quantitative estimate of drug-likeness (QED) is 0.321. The van der Waals surface area contributed by atoms with Crippen molar-refractivity contribution in [3.8, 4) is 11.5 Å². The Kier molecular flexibility index (Phi) is 7.67. The van der Waals surface area contributed by atoms with Crippen LogP contribution in [0.3, 0.4) is 0 Å². The van der Waals surface area contributed by atoms with Crippen molar-refractivity contribution in [2.45, 2.75) is 17.7 Å². The number of nitrogens with zero attached hydrogens (tertiary/aromatic N) is 1. The second-order valence-electron chi connectivity index (χ2n) is 7.81. The Balaban J connectivity index is 0.000000519. The van der Waals surface area contributed by atoms with E-state index < -0.39 is 32.3 Å². The third kappa shape index (κ3) is 6.06. The third-order valence-electron chi connectivity index (χ3n) is 5.25. The summed E-state index contributed by atoms with van der Waals surface area (Å²) in [5.74, 6) is 0.321. The maximum atomic E-state index is 13.0. The van der Waals surface area contributed by atoms with Gasteiger partial charge in [-0.05, 0) is 29.8 Å². The van der Waals surface area contributed by atoms with E-state index in [0.717, 1.165) is 17.7 Å². The van der Waals surface area contributed by atoms with Crippen molar-refractivity contribution < 1.29 is 40.1 Å². The van der Waals surface area contributed by atoms with Crippen LogP contribution in [0.5, 0.6) is 11.5 Å². The molecule has 0 saturated carbocycles. The first-order valence-corrected chi connectivity index (χ1v) is 12.4. The van der Waals surface area contributed by atoms with Gasteiger partial charge in [0.1, 0.15) is 18.4 Å². The van der Waals surface area contributed by atoms with Crippen molar-refractivity contribution in [1.82, 2.24) is 9.30 Å². The highest BCUT2D eigenvalue weighted by molar-refractivity contribution is 7.90. The monoisotopic (exact) mass is 564 g/mol. The molecule has 2 aromatic heterocycles. The molecule has 1 N–H and O–H groups in total. The van der Waals surface area contributed by atoms with Crippen molar-refractivity contribution in [3.63, 3.8) is 0 Å². The number of hydrogen-bond donors (Lipinski definition) is 1. The van der Waals surface area contributed by atoms with E-state index in [-0.39, 0.29) is 34.6 Å². The molecule has 0 amide bonds. The molecule has 39 heavy (non-hydrogen) atoms. The van der Waals surface area contributed by atoms with Crippen LogP contribution in [0.4, 0.5) is 13.2 Å². The van der Waals surface area contributed by atoms with E-state index in [9.17, 15) is 31.2 Å². The number of nitrogens with one attached hydrogen (secondary N) is 1. The number of H-pyrrole nitrogens is 1. The third-order valence-corrected chi connectivity index (χ3v) is 6.82. The van der Waals surface area contributed by atoms with Gasteiger partial charge in [0, 0.05) is 18.2 Å². The number of aromatic amines is 1. The minimum atomic E-state index is -4.63. The smallest absolute Gasteiger partial charge is 0.416 e. The molecule has 0 spiro atoms. The second kappa shape index (κ2) is 10.9. The van der Waals surface area contributed by atoms with Crippen LogP contribution in [0, 0.1) is 0 Å². The fourth-order valence-corrected chi connectivity index (χ4v) is 4.60. The summed E-state index contributed by atoms with van der Waals surface area (Å²) in [6, 6.07) is 15.9. The maximum absolute atomic E-state index is 13.0. The standard InChI is InChI=1S/C22H16F3NO6S.C3H3NO2/c1-30-19-12-18-17(11-20(19)31-13-14-5-3-2-4-6-14)21(27)32-26(18)33(28,29)16-9-7-15(8-10-16)22(23,24)25;5-3-1-2-6-4-3/h2-12H,13H2,1H3;1-2H,(H,4,5). The summed E-state index contributed by atoms with van der Waals surface area (Å²) in [6.45, 7) is 0.165. The largest absolute Gasteiger partial charge is 0.493 e. The summed E-state index contributed by atoms with van der Waals surface area (Å²) >= 11 is 0. The SMILES string of the molecule is COc1cc2c(cc1OCc1ccccc1)c(=O)on2S(=O)(=O)c1ccc(C(F)(F)F)cc1.O=c1cco[nH]1. The van der Waals surface area contributed by atoms with E-state index in [4.69, 9.17) is 14.0 Å². The molecule has 5 rings (SSSR count). The van der Waals surface area contributed by atoms with Crippen molar-refractivity contribution in [3.05, 3.63) is 111 Å². The van der Waals surface area contributed by atoms with E-state index >= 15 is 0 Å². The van der Waals surface area contributed by atoms with E-state index in [2.05, 4.69) is 9.68 Å². The molecule has 3 aromatic carbocycles. The van der Waals surface area contributed by atoms with Crippen molar-refractivity contribution in [2.24, 2.45) is 0 Å². The Labute approximate surface area is 217 Å². The van der Waals surface area contributed by atoms with Gasteiger partial charge < -0.3 is 18.5 Å². The number of halogens is 3.